The van der Waals surface area contributed by atoms with Gasteiger partial charge in [0.25, 0.3) is 6.29 Å². The molecule has 9 fully saturated rings. The maximum Gasteiger partial charge on any atom is 0.333 e. The molecule has 9 saturated carbocycles. The van der Waals surface area contributed by atoms with Crippen LogP contribution in [0.4, 0.5) is 0 Å². The van der Waals surface area contributed by atoms with E-state index < -0.39 is 40.3 Å². The maximum atomic E-state index is 14.3. The van der Waals surface area contributed by atoms with Crippen LogP contribution >= 0.6 is 0 Å². The second-order valence-corrected chi connectivity index (χ2v) is 17.0. The largest absolute Gasteiger partial charge is 0.490 e. The Morgan fingerprint density at radius 2 is 1.25 bits per heavy atom. The molecule has 1 spiro atoms. The number of hydrogen-bond donors (Lipinski definition) is 0. The summed E-state index contributed by atoms with van der Waals surface area (Å²) in [5, 5.41) is 0. The van der Waals surface area contributed by atoms with Crippen LogP contribution in [0.3, 0.4) is 0 Å². The Balaban J connectivity index is 0.960. The Morgan fingerprint density at radius 3 is 1.79 bits per heavy atom. The lowest BCUT2D eigenvalue weighted by atomic mass is 9.35. The molecule has 0 radical (unpaired) electrons. The summed E-state index contributed by atoms with van der Waals surface area (Å²) in [6.07, 6.45) is 7.87. The van der Waals surface area contributed by atoms with E-state index >= 15 is 0 Å². The first-order valence-corrected chi connectivity index (χ1v) is 17.8. The van der Waals surface area contributed by atoms with Crippen molar-refractivity contribution in [3.8, 4) is 5.75 Å². The number of hydrogen-bond acceptors (Lipinski definition) is 9. The Labute approximate surface area is 280 Å². The summed E-state index contributed by atoms with van der Waals surface area (Å²) < 4.78 is 30.6. The molecular weight excluding hydrogens is 612 g/mol. The summed E-state index contributed by atoms with van der Waals surface area (Å²) in [6.45, 7) is 10.8. The Bertz CT molecular complexity index is 1640. The molecule has 5 atom stereocenters. The van der Waals surface area contributed by atoms with Crippen molar-refractivity contribution in [1.29, 1.82) is 0 Å². The predicted octanol–water partition coefficient (Wildman–Crippen LogP) is 6.45. The minimum absolute atomic E-state index is 0.179. The lowest BCUT2D eigenvalue weighted by molar-refractivity contribution is -0.311. The first kappa shape index (κ1) is 30.4. The van der Waals surface area contributed by atoms with Crippen LogP contribution in [-0.2, 0) is 38.1 Å². The molecule has 0 aromatic heterocycles. The van der Waals surface area contributed by atoms with Crippen molar-refractivity contribution >= 4 is 23.9 Å². The van der Waals surface area contributed by atoms with Gasteiger partial charge >= 0.3 is 23.9 Å². The lowest BCUT2D eigenvalue weighted by Gasteiger charge is -2.72. The average Bonchev–Trinajstić information content (AvgIpc) is 3.53. The SMILES string of the molecule is C=C(C)C(=O)OC12CC3CC(C(=O)OC(OC(=O)C45CC6CC7(OC(=O)C(=C)C)CC(C4)C67C5)c4ccc(OC5CC5)cc4)(CC3C1)C2. The summed E-state index contributed by atoms with van der Waals surface area (Å²) >= 11 is 0. The molecule has 1 aromatic carbocycles. The van der Waals surface area contributed by atoms with Crippen LogP contribution in [-0.4, -0.2) is 41.2 Å². The molecule has 1 aromatic rings. The minimum atomic E-state index is -1.23. The second-order valence-electron chi connectivity index (χ2n) is 17.0. The predicted molar refractivity (Wildman–Crippen MR) is 170 cm³/mol. The fourth-order valence-corrected chi connectivity index (χ4v) is 12.0. The average molecular weight is 657 g/mol. The van der Waals surface area contributed by atoms with Gasteiger partial charge in [-0.2, -0.15) is 0 Å². The summed E-state index contributed by atoms with van der Waals surface area (Å²) in [5.74, 6) is 0.357. The van der Waals surface area contributed by atoms with Crippen LogP contribution in [0.5, 0.6) is 5.75 Å². The highest BCUT2D eigenvalue weighted by Crippen LogP contribution is 2.87. The molecule has 0 heterocycles. The standard InChI is InChI=1S/C39H44O9/c1-21(2)30(40)47-37-13-24-11-35(19-37,12-25(24)14-37)33(42)45-32(23-5-7-28(8-6-23)44-29-9-10-29)46-34(43)36-15-26-17-38(48-31(41)22(3)4)18-27(16-36)39(26,38)20-36/h5-8,24-27,29,32H,1,3,9-20H2,2,4H3. The van der Waals surface area contributed by atoms with Crippen LogP contribution in [0.25, 0.3) is 0 Å². The van der Waals surface area contributed by atoms with Crippen molar-refractivity contribution in [2.75, 3.05) is 0 Å². The Hall–Kier alpha value is -3.62. The Kier molecular flexibility index (Phi) is 6.18. The minimum Gasteiger partial charge on any atom is -0.490 e. The van der Waals surface area contributed by atoms with Crippen LogP contribution in [0.15, 0.2) is 48.6 Å². The number of carbonyl (C=O) groups is 4. The van der Waals surface area contributed by atoms with E-state index in [1.165, 1.54) is 0 Å². The van der Waals surface area contributed by atoms with Crippen LogP contribution in [0.2, 0.25) is 0 Å². The molecular formula is C39H44O9. The van der Waals surface area contributed by atoms with E-state index in [0.717, 1.165) is 44.3 Å². The number of carbonyl (C=O) groups excluding carboxylic acids is 4. The molecule has 5 unspecified atom stereocenters. The quantitative estimate of drug-likeness (QED) is 0.115. The number of esters is 4. The maximum absolute atomic E-state index is 14.3. The van der Waals surface area contributed by atoms with Crippen molar-refractivity contribution in [3.63, 3.8) is 0 Å². The van der Waals surface area contributed by atoms with Crippen molar-refractivity contribution in [1.82, 2.24) is 0 Å². The fourth-order valence-electron chi connectivity index (χ4n) is 12.0. The molecule has 6 bridgehead atoms. The zero-order valence-corrected chi connectivity index (χ0v) is 27.8. The van der Waals surface area contributed by atoms with Gasteiger partial charge in [0.1, 0.15) is 17.0 Å². The highest BCUT2D eigenvalue weighted by molar-refractivity contribution is 5.88. The molecule has 9 aliphatic carbocycles. The van der Waals surface area contributed by atoms with Gasteiger partial charge in [-0.25, -0.2) is 9.59 Å². The first-order valence-electron chi connectivity index (χ1n) is 17.8. The number of benzene rings is 1. The van der Waals surface area contributed by atoms with Crippen molar-refractivity contribution in [2.45, 2.75) is 114 Å². The van der Waals surface area contributed by atoms with Crippen molar-refractivity contribution in [3.05, 3.63) is 54.1 Å². The molecule has 0 N–H and O–H groups in total. The van der Waals surface area contributed by atoms with Gasteiger partial charge in [0.05, 0.1) is 16.9 Å². The zero-order valence-electron chi connectivity index (χ0n) is 27.8. The van der Waals surface area contributed by atoms with E-state index in [4.69, 9.17) is 23.7 Å². The van der Waals surface area contributed by atoms with Gasteiger partial charge in [-0.3, -0.25) is 9.59 Å². The lowest BCUT2D eigenvalue weighted by Crippen LogP contribution is -2.74. The third kappa shape index (κ3) is 4.14. The summed E-state index contributed by atoms with van der Waals surface area (Å²) in [7, 11) is 0. The molecule has 254 valence electrons. The van der Waals surface area contributed by atoms with Crippen molar-refractivity contribution < 1.29 is 42.9 Å². The van der Waals surface area contributed by atoms with Gasteiger partial charge in [-0.1, -0.05) is 13.2 Å². The number of fused-ring (bicyclic) bond motifs is 1. The smallest absolute Gasteiger partial charge is 0.333 e. The van der Waals surface area contributed by atoms with Gasteiger partial charge in [-0.05, 0) is 132 Å². The summed E-state index contributed by atoms with van der Waals surface area (Å²) in [6, 6.07) is 7.28. The fraction of sp³-hybridized carbons (Fsp3) is 0.641. The molecule has 10 rings (SSSR count). The van der Waals surface area contributed by atoms with Gasteiger partial charge in [0.2, 0.25) is 0 Å². The van der Waals surface area contributed by atoms with Crippen LogP contribution in [0, 0.1) is 39.9 Å². The van der Waals surface area contributed by atoms with E-state index in [1.54, 1.807) is 13.8 Å². The molecule has 0 amide bonds. The molecule has 48 heavy (non-hydrogen) atoms. The monoisotopic (exact) mass is 656 g/mol. The summed E-state index contributed by atoms with van der Waals surface area (Å²) in [5.41, 5.74) is -1.59. The van der Waals surface area contributed by atoms with E-state index in [-0.39, 0.29) is 35.3 Å². The second kappa shape index (κ2) is 9.75. The molecule has 9 nitrogen and oxygen atoms in total. The molecule has 9 heteroatoms. The van der Waals surface area contributed by atoms with Crippen LogP contribution in [0.1, 0.15) is 103 Å². The number of ether oxygens (including phenoxy) is 5. The molecule has 9 aliphatic rings. The van der Waals surface area contributed by atoms with Gasteiger partial charge in [-0.15, -0.1) is 0 Å². The third-order valence-corrected chi connectivity index (χ3v) is 13.8. The van der Waals surface area contributed by atoms with Gasteiger partial charge in [0, 0.05) is 28.5 Å². The van der Waals surface area contributed by atoms with Gasteiger partial charge < -0.3 is 23.7 Å². The first-order chi connectivity index (χ1) is 22.8. The van der Waals surface area contributed by atoms with E-state index in [2.05, 4.69) is 13.2 Å². The third-order valence-electron chi connectivity index (χ3n) is 13.8. The topological polar surface area (TPSA) is 114 Å². The van der Waals surface area contributed by atoms with E-state index in [0.29, 0.717) is 67.1 Å². The summed E-state index contributed by atoms with van der Waals surface area (Å²) in [4.78, 5) is 53.8. The van der Waals surface area contributed by atoms with E-state index in [1.807, 2.05) is 24.3 Å². The molecule has 0 saturated heterocycles. The van der Waals surface area contributed by atoms with Crippen molar-refractivity contribution in [2.24, 2.45) is 39.9 Å². The Morgan fingerprint density at radius 1 is 0.708 bits per heavy atom. The normalized spacial score (nSPS) is 42.1. The number of rotatable bonds is 11. The zero-order chi connectivity index (χ0) is 33.4. The highest BCUT2D eigenvalue weighted by Gasteiger charge is 2.87. The van der Waals surface area contributed by atoms with Gasteiger partial charge in [0.15, 0.2) is 0 Å². The van der Waals surface area contributed by atoms with Crippen LogP contribution < -0.4 is 4.74 Å². The molecule has 0 aliphatic heterocycles. The highest BCUT2D eigenvalue weighted by atomic mass is 16.7. The van der Waals surface area contributed by atoms with E-state index in [9.17, 15) is 19.2 Å².